The second-order valence-corrected chi connectivity index (χ2v) is 10.3. The van der Waals surface area contributed by atoms with Gasteiger partial charge in [0, 0.05) is 12.8 Å². The van der Waals surface area contributed by atoms with Crippen LogP contribution in [0, 0.1) is 18.8 Å². The Morgan fingerprint density at radius 3 is 2.06 bits per heavy atom. The fourth-order valence-electron chi connectivity index (χ4n) is 3.33. The number of nitrogens with zero attached hydrogens (tertiary/aromatic N) is 1. The van der Waals surface area contributed by atoms with Gasteiger partial charge in [0.1, 0.15) is 0 Å². The maximum absolute atomic E-state index is 14.7. The van der Waals surface area contributed by atoms with Crippen LogP contribution >= 0.6 is 0 Å². The Morgan fingerprint density at radius 2 is 1.50 bits per heavy atom. The average Bonchev–Trinajstić information content (AvgIpc) is 3.14. The Labute approximate surface area is 204 Å². The van der Waals surface area contributed by atoms with Crippen LogP contribution in [0.1, 0.15) is 34.3 Å². The second-order valence-electron chi connectivity index (χ2n) is 7.46. The van der Waals surface area contributed by atoms with Crippen molar-refractivity contribution < 1.29 is 53.9 Å². The third-order valence-corrected chi connectivity index (χ3v) is 7.99. The Balaban J connectivity index is 1.42. The summed E-state index contributed by atoms with van der Waals surface area (Å²) in [5, 5.41) is 0.484. The predicted molar refractivity (Wildman–Crippen MR) is 112 cm³/mol. The summed E-state index contributed by atoms with van der Waals surface area (Å²) in [6.45, 7) is 0. The Bertz CT molecular complexity index is 1210. The number of amides is 2. The first-order chi connectivity index (χ1) is 16.3. The maximum atomic E-state index is 14.7. The molecule has 1 aliphatic rings. The standard InChI is InChI=1S/C25H19F2INO5/c1-33-19-8-6-18(7-9-19)28-24-20(26)13-16(14-21(24)27)12-15-2-4-17(5-3-15)25(32)34-29-22(30)10-11-23(29)31/h2-9,13-14H,10-12H2,1H3/q-1. The molecule has 0 radical (unpaired) electrons. The summed E-state index contributed by atoms with van der Waals surface area (Å²) in [6, 6.07) is 16.0. The van der Waals surface area contributed by atoms with Crippen LogP contribution in [0.2, 0.25) is 0 Å². The third kappa shape index (κ3) is 5.41. The molecular formula is C25H19F2INO5-. The van der Waals surface area contributed by atoms with E-state index < -0.39 is 50.6 Å². The van der Waals surface area contributed by atoms with E-state index in [0.29, 0.717) is 16.4 Å². The van der Waals surface area contributed by atoms with Crippen LogP contribution in [0.5, 0.6) is 5.75 Å². The number of imide groups is 1. The van der Waals surface area contributed by atoms with E-state index in [1.54, 1.807) is 43.5 Å². The van der Waals surface area contributed by atoms with Gasteiger partial charge < -0.3 is 0 Å². The number of hydrogen-bond acceptors (Lipinski definition) is 5. The molecular weight excluding hydrogens is 559 g/mol. The van der Waals surface area contributed by atoms with Crippen molar-refractivity contribution >= 4 is 17.8 Å². The van der Waals surface area contributed by atoms with Crippen LogP contribution in [-0.2, 0) is 20.8 Å². The van der Waals surface area contributed by atoms with Gasteiger partial charge in [-0.05, 0) is 0 Å². The van der Waals surface area contributed by atoms with E-state index in [2.05, 4.69) is 0 Å². The minimum absolute atomic E-state index is 0.0129. The molecule has 0 aliphatic carbocycles. The van der Waals surface area contributed by atoms with E-state index in [9.17, 15) is 23.2 Å². The molecule has 4 rings (SSSR count). The fraction of sp³-hybridized carbons (Fsp3) is 0.160. The topological polar surface area (TPSA) is 72.9 Å². The number of carbonyl (C=O) groups excluding carboxylic acids is 3. The molecule has 176 valence electrons. The molecule has 3 aromatic carbocycles. The molecule has 3 aromatic rings. The summed E-state index contributed by atoms with van der Waals surface area (Å²) in [7, 11) is 1.56. The first-order valence-corrected chi connectivity index (χ1v) is 12.4. The first kappa shape index (κ1) is 23.8. The molecule has 1 aliphatic heterocycles. The van der Waals surface area contributed by atoms with Gasteiger partial charge in [-0.2, -0.15) is 0 Å². The van der Waals surface area contributed by atoms with Crippen LogP contribution in [0.15, 0.2) is 60.7 Å². The molecule has 0 aromatic heterocycles. The summed E-state index contributed by atoms with van der Waals surface area (Å²) in [4.78, 5) is 40.2. The molecule has 34 heavy (non-hydrogen) atoms. The van der Waals surface area contributed by atoms with Crippen LogP contribution in [0.4, 0.5) is 8.78 Å². The molecule has 9 heteroatoms. The van der Waals surface area contributed by atoms with E-state index in [4.69, 9.17) is 9.57 Å². The summed E-state index contributed by atoms with van der Waals surface area (Å²) in [6.07, 6.45) is 0.283. The molecule has 0 bridgehead atoms. The quantitative estimate of drug-likeness (QED) is 0.237. The molecule has 1 heterocycles. The van der Waals surface area contributed by atoms with Crippen LogP contribution in [-0.4, -0.2) is 30.0 Å². The summed E-state index contributed by atoms with van der Waals surface area (Å²) >= 11 is -1.04. The van der Waals surface area contributed by atoms with Crippen molar-refractivity contribution in [2.75, 3.05) is 7.11 Å². The molecule has 0 saturated carbocycles. The van der Waals surface area contributed by atoms with Crippen LogP contribution in [0.3, 0.4) is 0 Å². The number of hydroxylamine groups is 2. The normalized spacial score (nSPS) is 13.4. The van der Waals surface area contributed by atoms with Crippen molar-refractivity contribution in [3.05, 3.63) is 96.1 Å². The zero-order valence-corrected chi connectivity index (χ0v) is 20.2. The van der Waals surface area contributed by atoms with Crippen molar-refractivity contribution in [3.63, 3.8) is 0 Å². The molecule has 0 spiro atoms. The fourth-order valence-corrected chi connectivity index (χ4v) is 5.50. The van der Waals surface area contributed by atoms with Crippen molar-refractivity contribution in [3.8, 4) is 5.75 Å². The SMILES string of the molecule is COc1ccc([I-]c2c(F)cc(Cc3ccc(C(=O)ON4C(=O)CCC4=O)cc3)cc2F)cc1. The number of benzene rings is 3. The molecule has 0 atom stereocenters. The van der Waals surface area contributed by atoms with Gasteiger partial charge in [-0.25, -0.2) is 0 Å². The Morgan fingerprint density at radius 1 is 0.912 bits per heavy atom. The number of hydrogen-bond donors (Lipinski definition) is 0. The average molecular weight is 578 g/mol. The third-order valence-electron chi connectivity index (χ3n) is 5.07. The molecule has 0 N–H and O–H groups in total. The van der Waals surface area contributed by atoms with Gasteiger partial charge in [0.25, 0.3) is 11.8 Å². The second kappa shape index (κ2) is 10.3. The molecule has 6 nitrogen and oxygen atoms in total. The first-order valence-electron chi connectivity index (χ1n) is 10.3. The number of carbonyl (C=O) groups is 3. The van der Waals surface area contributed by atoms with Crippen molar-refractivity contribution in [2.45, 2.75) is 19.3 Å². The zero-order chi connectivity index (χ0) is 24.2. The van der Waals surface area contributed by atoms with Crippen molar-refractivity contribution in [1.82, 2.24) is 5.06 Å². The Kier molecular flexibility index (Phi) is 7.20. The molecule has 2 amide bonds. The van der Waals surface area contributed by atoms with Gasteiger partial charge >= 0.3 is 171 Å². The van der Waals surface area contributed by atoms with Gasteiger partial charge in [-0.1, -0.05) is 0 Å². The zero-order valence-electron chi connectivity index (χ0n) is 18.0. The van der Waals surface area contributed by atoms with E-state index in [0.717, 1.165) is 9.13 Å². The number of methoxy groups -OCH3 is 1. The van der Waals surface area contributed by atoms with Crippen molar-refractivity contribution in [2.24, 2.45) is 0 Å². The van der Waals surface area contributed by atoms with E-state index in [1.165, 1.54) is 24.3 Å². The molecule has 1 saturated heterocycles. The van der Waals surface area contributed by atoms with Gasteiger partial charge in [0.15, 0.2) is 0 Å². The van der Waals surface area contributed by atoms with E-state index in [1.807, 2.05) is 0 Å². The monoisotopic (exact) mass is 578 g/mol. The van der Waals surface area contributed by atoms with Crippen LogP contribution < -0.4 is 25.9 Å². The molecule has 1 fully saturated rings. The number of halogens is 3. The summed E-state index contributed by atoms with van der Waals surface area (Å²) in [5.41, 5.74) is 1.33. The van der Waals surface area contributed by atoms with E-state index in [-0.39, 0.29) is 28.4 Å². The summed E-state index contributed by atoms with van der Waals surface area (Å²) in [5.74, 6) is -2.44. The minimum atomic E-state index is -1.04. The number of rotatable bonds is 7. The van der Waals surface area contributed by atoms with Gasteiger partial charge in [-0.15, -0.1) is 0 Å². The Hall–Kier alpha value is -3.34. The van der Waals surface area contributed by atoms with E-state index >= 15 is 0 Å². The van der Waals surface area contributed by atoms with Crippen molar-refractivity contribution in [1.29, 1.82) is 0 Å². The van der Waals surface area contributed by atoms with Gasteiger partial charge in [0.05, 0.1) is 0 Å². The number of ether oxygens (including phenoxy) is 1. The van der Waals surface area contributed by atoms with Crippen LogP contribution in [0.25, 0.3) is 0 Å². The van der Waals surface area contributed by atoms with Gasteiger partial charge in [0.2, 0.25) is 0 Å². The predicted octanol–water partition coefficient (Wildman–Crippen LogP) is 0.913. The van der Waals surface area contributed by atoms with Gasteiger partial charge in [-0.3, -0.25) is 9.59 Å². The molecule has 0 unspecified atom stereocenters. The summed E-state index contributed by atoms with van der Waals surface area (Å²) < 4.78 is 35.5.